The molecule has 2 aliphatic carbocycles. The van der Waals surface area contributed by atoms with Gasteiger partial charge in [-0.25, -0.2) is 0 Å². The minimum absolute atomic E-state index is 0.550. The van der Waals surface area contributed by atoms with Crippen molar-refractivity contribution in [3.05, 3.63) is 223 Å². The molecule has 0 radical (unpaired) electrons. The zero-order valence-electron chi connectivity index (χ0n) is 37.0. The van der Waals surface area contributed by atoms with E-state index in [0.717, 1.165) is 29.2 Å². The number of nitrogens with zero attached hydrogens (tertiary/aromatic N) is 2. The molecule has 12 rings (SSSR count). The van der Waals surface area contributed by atoms with E-state index in [1.807, 2.05) is 0 Å². The van der Waals surface area contributed by atoms with Crippen LogP contribution in [0.4, 0.5) is 17.1 Å². The van der Waals surface area contributed by atoms with Crippen molar-refractivity contribution >= 4 is 55.7 Å². The summed E-state index contributed by atoms with van der Waals surface area (Å²) in [6, 6.07) is 74.8. The Kier molecular flexibility index (Phi) is 10.0. The third-order valence-corrected chi connectivity index (χ3v) is 14.3. The van der Waals surface area contributed by atoms with Gasteiger partial charge in [0.25, 0.3) is 0 Å². The smallest absolute Gasteiger partial charge is 0.0562 e. The van der Waals surface area contributed by atoms with E-state index in [4.69, 9.17) is 0 Å². The molecule has 1 aromatic heterocycles. The molecule has 10 aromatic rings. The van der Waals surface area contributed by atoms with Crippen LogP contribution in [0.5, 0.6) is 0 Å². The normalized spacial score (nSPS) is 15.1. The highest BCUT2D eigenvalue weighted by atomic mass is 15.2. The van der Waals surface area contributed by atoms with Gasteiger partial charge in [0.1, 0.15) is 0 Å². The van der Waals surface area contributed by atoms with Crippen LogP contribution in [0.25, 0.3) is 77.7 Å². The summed E-state index contributed by atoms with van der Waals surface area (Å²) in [5.74, 6) is 1.13. The number of allylic oxidation sites excluding steroid dienone is 1. The van der Waals surface area contributed by atoms with E-state index in [-0.39, 0.29) is 0 Å². The fourth-order valence-corrected chi connectivity index (χ4v) is 11.3. The van der Waals surface area contributed by atoms with Crippen molar-refractivity contribution in [2.45, 2.75) is 51.4 Å². The van der Waals surface area contributed by atoms with Gasteiger partial charge in [-0.15, -0.1) is 0 Å². The molecule has 0 spiro atoms. The number of anilines is 3. The number of hydrogen-bond acceptors (Lipinski definition) is 1. The summed E-state index contributed by atoms with van der Waals surface area (Å²) < 4.78 is 2.43. The minimum atomic E-state index is 0.550. The highest BCUT2D eigenvalue weighted by molar-refractivity contribution is 6.17. The van der Waals surface area contributed by atoms with Crippen LogP contribution in [0, 0.1) is 5.92 Å². The summed E-state index contributed by atoms with van der Waals surface area (Å²) >= 11 is 0. The number of hydrogen-bond donors (Lipinski definition) is 0. The second-order valence-corrected chi connectivity index (χ2v) is 18.3. The Morgan fingerprint density at radius 1 is 0.477 bits per heavy atom. The SMILES string of the molecule is CC1C=Cc2cccc(-c3ccc(-c4ccc(N(c5ccccc5-c5cccc6cccc(C7CCCCC7)c56)c5cccc6c5c5ccccc5n6-c5ccccc5)cc4)cc3)c2C1. The first-order valence-electron chi connectivity index (χ1n) is 23.7. The number of rotatable bonds is 8. The van der Waals surface area contributed by atoms with Crippen LogP contribution in [0.3, 0.4) is 0 Å². The van der Waals surface area contributed by atoms with Crippen molar-refractivity contribution in [3.8, 4) is 39.1 Å². The first-order valence-corrected chi connectivity index (χ1v) is 23.7. The van der Waals surface area contributed by atoms with Crippen LogP contribution in [0.15, 0.2) is 206 Å². The van der Waals surface area contributed by atoms with E-state index >= 15 is 0 Å². The molecule has 2 nitrogen and oxygen atoms in total. The average molecular weight is 837 g/mol. The maximum absolute atomic E-state index is 2.53. The quantitative estimate of drug-likeness (QED) is 0.148. The summed E-state index contributed by atoms with van der Waals surface area (Å²) in [5, 5.41) is 5.18. The molecule has 2 heteroatoms. The van der Waals surface area contributed by atoms with Crippen molar-refractivity contribution in [2.75, 3.05) is 4.90 Å². The standard InChI is InChI=1S/C63H52N2/c1-43-32-33-47-18-12-25-52(57(47)42-43)48-36-34-44(35-37-48)45-38-40-51(41-39-45)65(61-31-15-30-60-63(61)56-24-9-11-29-59(56)64(60)50-21-6-3-7-22-50)58-28-10-8-23-54(58)55-27-14-20-49-19-13-26-53(62(49)55)46-16-4-2-5-17-46/h3,6-15,18-41,43,46H,2,4-5,16-17,42H2,1H3. The highest BCUT2D eigenvalue weighted by Gasteiger charge is 2.25. The van der Waals surface area contributed by atoms with Crippen LogP contribution in [-0.2, 0) is 6.42 Å². The van der Waals surface area contributed by atoms with Gasteiger partial charge in [0.15, 0.2) is 0 Å². The number of aromatic nitrogens is 1. The van der Waals surface area contributed by atoms with Crippen molar-refractivity contribution in [1.82, 2.24) is 4.57 Å². The Balaban J connectivity index is 1.03. The second-order valence-electron chi connectivity index (χ2n) is 18.3. The molecule has 0 N–H and O–H groups in total. The largest absolute Gasteiger partial charge is 0.309 e. The summed E-state index contributed by atoms with van der Waals surface area (Å²) in [6.07, 6.45) is 12.2. The van der Waals surface area contributed by atoms with Crippen LogP contribution >= 0.6 is 0 Å². The predicted molar refractivity (Wildman–Crippen MR) is 277 cm³/mol. The van der Waals surface area contributed by atoms with Gasteiger partial charge in [-0.2, -0.15) is 0 Å². The fourth-order valence-electron chi connectivity index (χ4n) is 11.3. The van der Waals surface area contributed by atoms with Gasteiger partial charge < -0.3 is 9.47 Å². The maximum Gasteiger partial charge on any atom is 0.0562 e. The summed E-state index contributed by atoms with van der Waals surface area (Å²) in [5.41, 5.74) is 18.8. The molecule has 9 aromatic carbocycles. The van der Waals surface area contributed by atoms with Crippen molar-refractivity contribution < 1.29 is 0 Å². The Labute approximate surface area is 382 Å². The molecule has 1 atom stereocenters. The number of para-hydroxylation sites is 3. The lowest BCUT2D eigenvalue weighted by atomic mass is 9.80. The Morgan fingerprint density at radius 3 is 1.94 bits per heavy atom. The van der Waals surface area contributed by atoms with E-state index < -0.39 is 0 Å². The number of fused-ring (bicyclic) bond motifs is 5. The molecule has 314 valence electrons. The van der Waals surface area contributed by atoms with Gasteiger partial charge in [0, 0.05) is 27.7 Å². The minimum Gasteiger partial charge on any atom is -0.309 e. The van der Waals surface area contributed by atoms with Crippen molar-refractivity contribution in [1.29, 1.82) is 0 Å². The summed E-state index contributed by atoms with van der Waals surface area (Å²) in [6.45, 7) is 2.31. The Morgan fingerprint density at radius 2 is 1.11 bits per heavy atom. The molecule has 1 fully saturated rings. The van der Waals surface area contributed by atoms with Crippen molar-refractivity contribution in [3.63, 3.8) is 0 Å². The molecular weight excluding hydrogens is 785 g/mol. The lowest BCUT2D eigenvalue weighted by molar-refractivity contribution is 0.445. The summed E-state index contributed by atoms with van der Waals surface area (Å²) in [4.78, 5) is 2.53. The molecule has 2 aliphatic rings. The molecular formula is C63H52N2. The van der Waals surface area contributed by atoms with Crippen LogP contribution in [0.1, 0.15) is 61.6 Å². The number of benzene rings is 9. The monoisotopic (exact) mass is 836 g/mol. The van der Waals surface area contributed by atoms with Gasteiger partial charge in [-0.05, 0) is 135 Å². The van der Waals surface area contributed by atoms with E-state index in [9.17, 15) is 0 Å². The van der Waals surface area contributed by atoms with E-state index in [2.05, 4.69) is 229 Å². The molecule has 1 unspecified atom stereocenters. The Hall–Kier alpha value is -7.42. The van der Waals surface area contributed by atoms with Crippen LogP contribution in [0.2, 0.25) is 0 Å². The molecule has 0 bridgehead atoms. The molecule has 0 saturated heterocycles. The van der Waals surface area contributed by atoms with Gasteiger partial charge >= 0.3 is 0 Å². The summed E-state index contributed by atoms with van der Waals surface area (Å²) in [7, 11) is 0. The fraction of sp³-hybridized carbons (Fsp3) is 0.143. The first-order chi connectivity index (χ1) is 32.2. The van der Waals surface area contributed by atoms with E-state index in [1.54, 1.807) is 0 Å². The van der Waals surface area contributed by atoms with Gasteiger partial charge in [0.2, 0.25) is 0 Å². The van der Waals surface area contributed by atoms with Crippen LogP contribution < -0.4 is 4.90 Å². The van der Waals surface area contributed by atoms with Gasteiger partial charge in [-0.3, -0.25) is 0 Å². The van der Waals surface area contributed by atoms with Gasteiger partial charge in [0.05, 0.1) is 22.4 Å². The van der Waals surface area contributed by atoms with E-state index in [1.165, 1.54) is 115 Å². The molecule has 0 aliphatic heterocycles. The van der Waals surface area contributed by atoms with Gasteiger partial charge in [-0.1, -0.05) is 190 Å². The highest BCUT2D eigenvalue weighted by Crippen LogP contribution is 2.49. The molecule has 0 amide bonds. The van der Waals surface area contributed by atoms with E-state index in [0.29, 0.717) is 11.8 Å². The third kappa shape index (κ3) is 6.96. The predicted octanol–water partition coefficient (Wildman–Crippen LogP) is 17.7. The molecule has 1 heterocycles. The Bertz CT molecular complexity index is 3380. The average Bonchev–Trinajstić information content (AvgIpc) is 3.72. The molecule has 1 saturated carbocycles. The molecule has 65 heavy (non-hydrogen) atoms. The topological polar surface area (TPSA) is 8.17 Å². The first kappa shape index (κ1) is 39.2. The van der Waals surface area contributed by atoms with Crippen molar-refractivity contribution in [2.24, 2.45) is 5.92 Å². The third-order valence-electron chi connectivity index (χ3n) is 14.3. The lowest BCUT2D eigenvalue weighted by Crippen LogP contribution is -2.12. The second kappa shape index (κ2) is 16.6. The lowest BCUT2D eigenvalue weighted by Gasteiger charge is -2.30. The van der Waals surface area contributed by atoms with Crippen LogP contribution in [-0.4, -0.2) is 4.57 Å². The zero-order valence-corrected chi connectivity index (χ0v) is 37.0. The maximum atomic E-state index is 2.53. The zero-order chi connectivity index (χ0) is 43.3.